The molecule has 5 heteroatoms. The van der Waals surface area contributed by atoms with E-state index in [0.717, 1.165) is 29.7 Å². The van der Waals surface area contributed by atoms with Crippen LogP contribution in [-0.2, 0) is 0 Å². The number of rotatable bonds is 3. The molecule has 18 heavy (non-hydrogen) atoms. The van der Waals surface area contributed by atoms with Crippen LogP contribution in [0.15, 0.2) is 12.1 Å². The predicted octanol–water partition coefficient (Wildman–Crippen LogP) is 5.33. The lowest BCUT2D eigenvalue weighted by atomic mass is 10.1. The minimum Gasteiger partial charge on any atom is -0.370 e. The lowest BCUT2D eigenvalue weighted by molar-refractivity contribution is 0.968. The molecule has 0 radical (unpaired) electrons. The Bertz CT molecular complexity index is 597. The van der Waals surface area contributed by atoms with Gasteiger partial charge in [0.25, 0.3) is 0 Å². The van der Waals surface area contributed by atoms with Crippen molar-refractivity contribution in [2.24, 2.45) is 0 Å². The molecular weight excluding hydrogens is 291 g/mol. The van der Waals surface area contributed by atoms with E-state index in [1.807, 2.05) is 13.0 Å². The highest BCUT2D eigenvalue weighted by atomic mass is 35.5. The zero-order valence-electron chi connectivity index (χ0n) is 10.2. The molecule has 1 heterocycles. The van der Waals surface area contributed by atoms with Gasteiger partial charge in [-0.25, -0.2) is 4.98 Å². The fourth-order valence-corrected chi connectivity index (χ4v) is 2.48. The van der Waals surface area contributed by atoms with E-state index in [9.17, 15) is 0 Å². The summed E-state index contributed by atoms with van der Waals surface area (Å²) in [5.41, 5.74) is 1.70. The Balaban J connectivity index is 2.64. The van der Waals surface area contributed by atoms with Gasteiger partial charge in [0.1, 0.15) is 5.82 Å². The molecule has 0 saturated heterocycles. The predicted molar refractivity (Wildman–Crippen MR) is 80.3 cm³/mol. The van der Waals surface area contributed by atoms with E-state index in [4.69, 9.17) is 34.8 Å². The number of aromatic nitrogens is 1. The van der Waals surface area contributed by atoms with Gasteiger partial charge in [0.2, 0.25) is 0 Å². The van der Waals surface area contributed by atoms with Crippen molar-refractivity contribution in [1.29, 1.82) is 0 Å². The first-order chi connectivity index (χ1) is 8.54. The molecule has 0 aliphatic heterocycles. The van der Waals surface area contributed by atoms with Gasteiger partial charge in [0, 0.05) is 11.9 Å². The van der Waals surface area contributed by atoms with Crippen molar-refractivity contribution in [3.63, 3.8) is 0 Å². The van der Waals surface area contributed by atoms with Gasteiger partial charge in [-0.15, -0.1) is 0 Å². The fraction of sp³-hybridized carbons (Fsp3) is 0.308. The van der Waals surface area contributed by atoms with Gasteiger partial charge in [-0.3, -0.25) is 0 Å². The van der Waals surface area contributed by atoms with E-state index >= 15 is 0 Å². The molecule has 1 aromatic heterocycles. The number of anilines is 1. The largest absolute Gasteiger partial charge is 0.370 e. The van der Waals surface area contributed by atoms with E-state index in [0.29, 0.717) is 20.6 Å². The van der Waals surface area contributed by atoms with E-state index < -0.39 is 0 Å². The Labute approximate surface area is 121 Å². The van der Waals surface area contributed by atoms with Gasteiger partial charge in [0.15, 0.2) is 0 Å². The molecule has 96 valence electrons. The third kappa shape index (κ3) is 2.51. The van der Waals surface area contributed by atoms with E-state index in [2.05, 4.69) is 17.2 Å². The third-order valence-electron chi connectivity index (χ3n) is 2.68. The zero-order valence-corrected chi connectivity index (χ0v) is 12.4. The maximum absolute atomic E-state index is 6.18. The summed E-state index contributed by atoms with van der Waals surface area (Å²) >= 11 is 18.3. The number of halogens is 3. The average Bonchev–Trinajstić information content (AvgIpc) is 2.34. The SMILES string of the molecule is CCCNc1nc2c(Cl)cc(Cl)c(Cl)c2cc1C. The number of aryl methyl sites for hydroxylation is 1. The summed E-state index contributed by atoms with van der Waals surface area (Å²) in [5, 5.41) is 5.51. The summed E-state index contributed by atoms with van der Waals surface area (Å²) in [6, 6.07) is 3.58. The second kappa shape index (κ2) is 5.52. The summed E-state index contributed by atoms with van der Waals surface area (Å²) < 4.78 is 0. The molecule has 0 bridgehead atoms. The second-order valence-corrected chi connectivity index (χ2v) is 5.32. The van der Waals surface area contributed by atoms with Crippen molar-refractivity contribution < 1.29 is 0 Å². The van der Waals surface area contributed by atoms with Gasteiger partial charge in [0.05, 0.1) is 20.6 Å². The van der Waals surface area contributed by atoms with Gasteiger partial charge in [-0.05, 0) is 31.0 Å². The van der Waals surface area contributed by atoms with Crippen LogP contribution in [-0.4, -0.2) is 11.5 Å². The molecule has 0 aliphatic rings. The van der Waals surface area contributed by atoms with Crippen LogP contribution in [0.1, 0.15) is 18.9 Å². The Kier molecular flexibility index (Phi) is 4.21. The maximum Gasteiger partial charge on any atom is 0.129 e. The van der Waals surface area contributed by atoms with Crippen molar-refractivity contribution in [3.05, 3.63) is 32.8 Å². The van der Waals surface area contributed by atoms with Gasteiger partial charge in [-0.1, -0.05) is 41.7 Å². The number of fused-ring (bicyclic) bond motifs is 1. The molecule has 1 N–H and O–H groups in total. The molecule has 0 amide bonds. The molecule has 0 saturated carbocycles. The normalized spacial score (nSPS) is 10.9. The van der Waals surface area contributed by atoms with E-state index in [-0.39, 0.29) is 0 Å². The lowest BCUT2D eigenvalue weighted by Gasteiger charge is -2.11. The van der Waals surface area contributed by atoms with Crippen LogP contribution in [0.5, 0.6) is 0 Å². The second-order valence-electron chi connectivity index (χ2n) is 4.13. The number of nitrogens with zero attached hydrogens (tertiary/aromatic N) is 1. The van der Waals surface area contributed by atoms with Crippen LogP contribution in [0.25, 0.3) is 10.9 Å². The molecule has 0 unspecified atom stereocenters. The number of benzene rings is 1. The lowest BCUT2D eigenvalue weighted by Crippen LogP contribution is -2.04. The van der Waals surface area contributed by atoms with Crippen LogP contribution >= 0.6 is 34.8 Å². The van der Waals surface area contributed by atoms with E-state index in [1.54, 1.807) is 6.07 Å². The number of hydrogen-bond donors (Lipinski definition) is 1. The fourth-order valence-electron chi connectivity index (χ4n) is 1.76. The van der Waals surface area contributed by atoms with Crippen molar-refractivity contribution in [1.82, 2.24) is 4.98 Å². The standard InChI is InChI=1S/C13H13Cl3N2/c1-3-4-17-13-7(2)5-8-11(16)9(14)6-10(15)12(8)18-13/h5-6H,3-4H2,1-2H3,(H,17,18). The monoisotopic (exact) mass is 302 g/mol. The van der Waals surface area contributed by atoms with Crippen molar-refractivity contribution in [2.45, 2.75) is 20.3 Å². The van der Waals surface area contributed by atoms with Crippen LogP contribution in [0, 0.1) is 6.92 Å². The quantitative estimate of drug-likeness (QED) is 0.776. The zero-order chi connectivity index (χ0) is 13.3. The van der Waals surface area contributed by atoms with Crippen LogP contribution < -0.4 is 5.32 Å². The first kappa shape index (κ1) is 13.7. The molecule has 2 rings (SSSR count). The Hall–Kier alpha value is -0.700. The Morgan fingerprint density at radius 2 is 1.89 bits per heavy atom. The summed E-state index contributed by atoms with van der Waals surface area (Å²) in [6.45, 7) is 4.96. The Morgan fingerprint density at radius 3 is 2.56 bits per heavy atom. The topological polar surface area (TPSA) is 24.9 Å². The summed E-state index contributed by atoms with van der Waals surface area (Å²) in [6.07, 6.45) is 1.04. The van der Waals surface area contributed by atoms with Gasteiger partial charge < -0.3 is 5.32 Å². The van der Waals surface area contributed by atoms with Gasteiger partial charge in [-0.2, -0.15) is 0 Å². The van der Waals surface area contributed by atoms with Crippen molar-refractivity contribution >= 4 is 51.5 Å². The van der Waals surface area contributed by atoms with Crippen molar-refractivity contribution in [2.75, 3.05) is 11.9 Å². The minimum atomic E-state index is 0.449. The third-order valence-corrected chi connectivity index (χ3v) is 3.77. The van der Waals surface area contributed by atoms with Crippen molar-refractivity contribution in [3.8, 4) is 0 Å². The Morgan fingerprint density at radius 1 is 1.17 bits per heavy atom. The average molecular weight is 304 g/mol. The highest BCUT2D eigenvalue weighted by Crippen LogP contribution is 2.36. The molecule has 0 spiro atoms. The number of nitrogens with one attached hydrogen (secondary N) is 1. The van der Waals surface area contributed by atoms with Crippen LogP contribution in [0.4, 0.5) is 5.82 Å². The highest BCUT2D eigenvalue weighted by Gasteiger charge is 2.12. The van der Waals surface area contributed by atoms with E-state index in [1.165, 1.54) is 0 Å². The molecule has 0 fully saturated rings. The van der Waals surface area contributed by atoms with Gasteiger partial charge >= 0.3 is 0 Å². The molecular formula is C13H13Cl3N2. The summed E-state index contributed by atoms with van der Waals surface area (Å²) in [4.78, 5) is 4.53. The minimum absolute atomic E-state index is 0.449. The number of pyridine rings is 1. The molecule has 2 nitrogen and oxygen atoms in total. The number of hydrogen-bond acceptors (Lipinski definition) is 2. The highest BCUT2D eigenvalue weighted by molar-refractivity contribution is 6.47. The smallest absolute Gasteiger partial charge is 0.129 e. The summed E-state index contributed by atoms with van der Waals surface area (Å²) in [7, 11) is 0. The first-order valence-electron chi connectivity index (χ1n) is 5.73. The molecule has 0 aliphatic carbocycles. The summed E-state index contributed by atoms with van der Waals surface area (Å²) in [5.74, 6) is 0.838. The molecule has 2 aromatic rings. The van der Waals surface area contributed by atoms with Crippen LogP contribution in [0.3, 0.4) is 0 Å². The first-order valence-corrected chi connectivity index (χ1v) is 6.86. The molecule has 0 atom stereocenters. The molecule has 1 aromatic carbocycles. The van der Waals surface area contributed by atoms with Crippen LogP contribution in [0.2, 0.25) is 15.1 Å². The maximum atomic E-state index is 6.18.